The van der Waals surface area contributed by atoms with E-state index in [2.05, 4.69) is 30.8 Å². The van der Waals surface area contributed by atoms with Gasteiger partial charge in [-0.25, -0.2) is 17.9 Å². The largest absolute Gasteiger partial charge is 0.294 e. The Morgan fingerprint density at radius 2 is 2.09 bits per heavy atom. The molecule has 0 aromatic carbocycles. The van der Waals surface area contributed by atoms with Crippen LogP contribution in [0, 0.1) is 6.92 Å². The molecule has 0 N–H and O–H groups in total. The normalized spacial score (nSPS) is 22.7. The van der Waals surface area contributed by atoms with Crippen LogP contribution in [0.2, 0.25) is 0 Å². The van der Waals surface area contributed by atoms with Crippen molar-refractivity contribution in [2.45, 2.75) is 52.6 Å². The molecule has 128 valence electrons. The fourth-order valence-corrected chi connectivity index (χ4v) is 5.24. The van der Waals surface area contributed by atoms with Crippen LogP contribution in [0.15, 0.2) is 0 Å². The molecule has 1 aliphatic rings. The van der Waals surface area contributed by atoms with Gasteiger partial charge in [0, 0.05) is 19.1 Å². The predicted octanol–water partition coefficient (Wildman–Crippen LogP) is 2.23. The number of hydrogen-bond donors (Lipinski definition) is 0. The average Bonchev–Trinajstić information content (AvgIpc) is 2.93. The van der Waals surface area contributed by atoms with Gasteiger partial charge in [-0.1, -0.05) is 25.2 Å². The van der Waals surface area contributed by atoms with Crippen molar-refractivity contribution in [3.63, 3.8) is 0 Å². The van der Waals surface area contributed by atoms with E-state index in [0.717, 1.165) is 21.4 Å². The monoisotopic (exact) mass is 356 g/mol. The van der Waals surface area contributed by atoms with E-state index in [1.807, 2.05) is 11.4 Å². The summed E-state index contributed by atoms with van der Waals surface area (Å²) in [6, 6.07) is 0.248. The Hall–Kier alpha value is -0.990. The molecule has 8 heteroatoms. The maximum atomic E-state index is 11.9. The number of rotatable bonds is 3. The molecule has 0 aliphatic carbocycles. The maximum absolute atomic E-state index is 11.9. The molecule has 0 saturated carbocycles. The van der Waals surface area contributed by atoms with Crippen LogP contribution in [0.1, 0.15) is 49.5 Å². The first-order valence-corrected chi connectivity index (χ1v) is 10.7. The second kappa shape index (κ2) is 6.14. The van der Waals surface area contributed by atoms with Crippen LogP contribution in [-0.4, -0.2) is 52.0 Å². The van der Waals surface area contributed by atoms with E-state index in [1.54, 1.807) is 11.3 Å². The van der Waals surface area contributed by atoms with Crippen LogP contribution >= 0.6 is 11.3 Å². The number of sulfone groups is 1. The van der Waals surface area contributed by atoms with E-state index >= 15 is 0 Å². The van der Waals surface area contributed by atoms with Gasteiger partial charge in [0.1, 0.15) is 5.01 Å². The number of aryl methyl sites for hydroxylation is 1. The lowest BCUT2D eigenvalue weighted by atomic mass is 10.1. The second-order valence-corrected chi connectivity index (χ2v) is 10.1. The van der Waals surface area contributed by atoms with Crippen molar-refractivity contribution in [2.75, 3.05) is 18.1 Å². The predicted molar refractivity (Wildman–Crippen MR) is 92.8 cm³/mol. The maximum Gasteiger partial charge on any atom is 0.212 e. The van der Waals surface area contributed by atoms with Gasteiger partial charge in [0.25, 0.3) is 0 Å². The first-order valence-electron chi connectivity index (χ1n) is 8.06. The Balaban J connectivity index is 1.94. The number of nitrogens with zero attached hydrogens (tertiary/aromatic N) is 4. The van der Waals surface area contributed by atoms with E-state index in [4.69, 9.17) is 4.98 Å². The van der Waals surface area contributed by atoms with Gasteiger partial charge >= 0.3 is 0 Å². The summed E-state index contributed by atoms with van der Waals surface area (Å²) in [7, 11) is -2.91. The van der Waals surface area contributed by atoms with Gasteiger partial charge in [0.2, 0.25) is 4.96 Å². The number of fused-ring (bicyclic) bond motifs is 1. The summed E-state index contributed by atoms with van der Waals surface area (Å²) in [4.78, 5) is 7.94. The third-order valence-electron chi connectivity index (χ3n) is 4.49. The van der Waals surface area contributed by atoms with Gasteiger partial charge in [0.05, 0.1) is 22.9 Å². The van der Waals surface area contributed by atoms with Gasteiger partial charge in [-0.3, -0.25) is 4.90 Å². The van der Waals surface area contributed by atoms with Crippen LogP contribution in [-0.2, 0) is 16.4 Å². The highest BCUT2D eigenvalue weighted by atomic mass is 32.2. The molecule has 1 aliphatic heterocycles. The van der Waals surface area contributed by atoms with Crippen LogP contribution < -0.4 is 0 Å². The molecule has 1 atom stereocenters. The standard InChI is InChI=1S/C15H24N4O2S2/c1-10(2)14-13(19-15(16-14)22-12(4)17-19)9-18-6-8-23(20,21)7-5-11(18)3/h10-11H,5-9H2,1-4H3. The number of aromatic nitrogens is 3. The average molecular weight is 357 g/mol. The van der Waals surface area contributed by atoms with Crippen molar-refractivity contribution in [3.8, 4) is 0 Å². The Kier molecular flexibility index (Phi) is 4.50. The Bertz CT molecular complexity index is 807. The van der Waals surface area contributed by atoms with E-state index in [0.29, 0.717) is 31.2 Å². The summed E-state index contributed by atoms with van der Waals surface area (Å²) in [5.74, 6) is 0.858. The molecule has 2 aromatic heterocycles. The molecule has 0 radical (unpaired) electrons. The van der Waals surface area contributed by atoms with Crippen molar-refractivity contribution in [1.29, 1.82) is 0 Å². The van der Waals surface area contributed by atoms with Gasteiger partial charge in [-0.15, -0.1) is 0 Å². The zero-order valence-electron chi connectivity index (χ0n) is 14.1. The Morgan fingerprint density at radius 1 is 1.35 bits per heavy atom. The number of hydrogen-bond acceptors (Lipinski definition) is 6. The van der Waals surface area contributed by atoms with Gasteiger partial charge in [0.15, 0.2) is 9.84 Å². The fourth-order valence-electron chi connectivity index (χ4n) is 3.05. The summed E-state index contributed by atoms with van der Waals surface area (Å²) in [6.45, 7) is 9.66. The molecule has 3 rings (SSSR count). The topological polar surface area (TPSA) is 67.6 Å². The smallest absolute Gasteiger partial charge is 0.212 e. The highest BCUT2D eigenvalue weighted by Gasteiger charge is 2.27. The first-order chi connectivity index (χ1) is 10.8. The van der Waals surface area contributed by atoms with Crippen molar-refractivity contribution in [2.24, 2.45) is 0 Å². The zero-order chi connectivity index (χ0) is 16.8. The lowest BCUT2D eigenvalue weighted by Gasteiger charge is -2.26. The SMILES string of the molecule is Cc1nn2c(CN3CCS(=O)(=O)CCC3C)c(C(C)C)nc2s1. The minimum absolute atomic E-state index is 0.242. The fraction of sp³-hybridized carbons (Fsp3) is 0.733. The minimum Gasteiger partial charge on any atom is -0.294 e. The van der Waals surface area contributed by atoms with Crippen LogP contribution in [0.3, 0.4) is 0 Å². The van der Waals surface area contributed by atoms with Crippen LogP contribution in [0.25, 0.3) is 4.96 Å². The van der Waals surface area contributed by atoms with E-state index < -0.39 is 9.84 Å². The Labute approximate surface area is 141 Å². The third kappa shape index (κ3) is 3.44. The quantitative estimate of drug-likeness (QED) is 0.844. The molecule has 0 bridgehead atoms. The van der Waals surface area contributed by atoms with E-state index in [1.165, 1.54) is 0 Å². The molecule has 2 aromatic rings. The summed E-state index contributed by atoms with van der Waals surface area (Å²) in [6.07, 6.45) is 0.692. The molecule has 0 spiro atoms. The lowest BCUT2D eigenvalue weighted by Crippen LogP contribution is -2.34. The summed E-state index contributed by atoms with van der Waals surface area (Å²) in [5.41, 5.74) is 2.17. The molecular formula is C15H24N4O2S2. The molecule has 23 heavy (non-hydrogen) atoms. The second-order valence-electron chi connectivity index (χ2n) is 6.67. The van der Waals surface area contributed by atoms with Gasteiger partial charge < -0.3 is 0 Å². The number of imidazole rings is 1. The molecule has 0 amide bonds. The van der Waals surface area contributed by atoms with Gasteiger partial charge in [-0.05, 0) is 26.2 Å². The van der Waals surface area contributed by atoms with E-state index in [9.17, 15) is 8.42 Å². The van der Waals surface area contributed by atoms with Crippen molar-refractivity contribution in [3.05, 3.63) is 16.4 Å². The van der Waals surface area contributed by atoms with Crippen LogP contribution in [0.4, 0.5) is 0 Å². The molecule has 1 fully saturated rings. The molecule has 1 saturated heterocycles. The molecule has 6 nitrogen and oxygen atoms in total. The molecule has 3 heterocycles. The van der Waals surface area contributed by atoms with Gasteiger partial charge in [-0.2, -0.15) is 5.10 Å². The first kappa shape index (κ1) is 16.9. The van der Waals surface area contributed by atoms with E-state index in [-0.39, 0.29) is 11.8 Å². The lowest BCUT2D eigenvalue weighted by molar-refractivity contribution is 0.208. The van der Waals surface area contributed by atoms with Crippen molar-refractivity contribution in [1.82, 2.24) is 19.5 Å². The summed E-state index contributed by atoms with van der Waals surface area (Å²) >= 11 is 1.60. The summed E-state index contributed by atoms with van der Waals surface area (Å²) < 4.78 is 25.7. The highest BCUT2D eigenvalue weighted by Crippen LogP contribution is 2.26. The Morgan fingerprint density at radius 3 is 2.78 bits per heavy atom. The van der Waals surface area contributed by atoms with Crippen LogP contribution in [0.5, 0.6) is 0 Å². The third-order valence-corrected chi connectivity index (χ3v) is 6.97. The van der Waals surface area contributed by atoms with Crippen molar-refractivity contribution < 1.29 is 8.42 Å². The van der Waals surface area contributed by atoms with Crippen molar-refractivity contribution >= 4 is 26.1 Å². The summed E-state index contributed by atoms with van der Waals surface area (Å²) in [5, 5.41) is 5.58. The zero-order valence-corrected chi connectivity index (χ0v) is 15.7. The molecule has 1 unspecified atom stereocenters. The minimum atomic E-state index is -2.91. The molecular weight excluding hydrogens is 332 g/mol. The highest BCUT2D eigenvalue weighted by molar-refractivity contribution is 7.91.